The number of rotatable bonds is 6. The maximum absolute atomic E-state index is 9.57. The van der Waals surface area contributed by atoms with Crippen LogP contribution in [0.4, 0.5) is 0 Å². The number of phenolic OH excluding ortho intramolecular Hbond substituents is 4. The Morgan fingerprint density at radius 1 is 0.423 bits per heavy atom. The van der Waals surface area contributed by atoms with Crippen molar-refractivity contribution in [3.8, 4) is 23.0 Å². The quantitative estimate of drug-likeness (QED) is 0.505. The van der Waals surface area contributed by atoms with E-state index in [1.54, 1.807) is 12.1 Å². The van der Waals surface area contributed by atoms with E-state index in [0.29, 0.717) is 0 Å². The topological polar surface area (TPSA) is 80.9 Å². The van der Waals surface area contributed by atoms with Gasteiger partial charge in [0, 0.05) is 0 Å². The summed E-state index contributed by atoms with van der Waals surface area (Å²) in [7, 11) is 0. The molecule has 0 saturated carbocycles. The third kappa shape index (κ3) is 4.48. The van der Waals surface area contributed by atoms with E-state index in [1.165, 1.54) is 23.3 Å². The summed E-state index contributed by atoms with van der Waals surface area (Å²) in [6, 6.07) is 18.2. The van der Waals surface area contributed by atoms with Crippen LogP contribution in [-0.4, -0.2) is 20.4 Å². The Morgan fingerprint density at radius 3 is 1.19 bits per heavy atom. The van der Waals surface area contributed by atoms with Crippen LogP contribution in [0.2, 0.25) is 0 Å². The van der Waals surface area contributed by atoms with Gasteiger partial charge in [0.1, 0.15) is 0 Å². The monoisotopic (exact) mass is 350 g/mol. The minimum atomic E-state index is -0.101. The van der Waals surface area contributed by atoms with Crippen molar-refractivity contribution in [3.63, 3.8) is 0 Å². The summed E-state index contributed by atoms with van der Waals surface area (Å²) in [5.74, 6) is -0.381. The van der Waals surface area contributed by atoms with Gasteiger partial charge in [-0.3, -0.25) is 0 Å². The standard InChI is InChI=1S/C22H22O4/c23-19-10-8-17(13-21(19)25)6-4-15-2-1-3-16(12-15)5-7-18-9-11-20(24)22(26)14-18/h1-3,8-14,23-26H,4-7H2. The summed E-state index contributed by atoms with van der Waals surface area (Å²) in [5.41, 5.74) is 4.38. The molecule has 134 valence electrons. The molecule has 3 rings (SSSR count). The molecule has 0 amide bonds. The summed E-state index contributed by atoms with van der Waals surface area (Å²) >= 11 is 0. The maximum atomic E-state index is 9.57. The fourth-order valence-electron chi connectivity index (χ4n) is 2.97. The van der Waals surface area contributed by atoms with Gasteiger partial charge in [-0.15, -0.1) is 0 Å². The minimum Gasteiger partial charge on any atom is -0.504 e. The van der Waals surface area contributed by atoms with Gasteiger partial charge in [0.25, 0.3) is 0 Å². The van der Waals surface area contributed by atoms with Crippen molar-refractivity contribution < 1.29 is 20.4 Å². The molecular weight excluding hydrogens is 328 g/mol. The lowest BCUT2D eigenvalue weighted by atomic mass is 9.99. The molecule has 0 atom stereocenters. The number of aromatic hydroxyl groups is 4. The van der Waals surface area contributed by atoms with Gasteiger partial charge in [-0.1, -0.05) is 36.4 Å². The predicted octanol–water partition coefficient (Wildman–Crippen LogP) is 4.08. The van der Waals surface area contributed by atoms with Crippen LogP contribution in [0.25, 0.3) is 0 Å². The van der Waals surface area contributed by atoms with E-state index in [9.17, 15) is 20.4 Å². The van der Waals surface area contributed by atoms with Crippen LogP contribution in [0.3, 0.4) is 0 Å². The zero-order chi connectivity index (χ0) is 18.5. The summed E-state index contributed by atoms with van der Waals surface area (Å²) in [6.45, 7) is 0. The van der Waals surface area contributed by atoms with Gasteiger partial charge in [0.15, 0.2) is 23.0 Å². The Kier molecular flexibility index (Phi) is 5.32. The van der Waals surface area contributed by atoms with Crippen molar-refractivity contribution in [3.05, 3.63) is 82.9 Å². The molecule has 0 aromatic heterocycles. The molecule has 0 aliphatic carbocycles. The molecule has 0 unspecified atom stereocenters. The number of phenols is 4. The SMILES string of the molecule is Oc1ccc(CCc2cccc(CCc3ccc(O)c(O)c3)c2)cc1O. The van der Waals surface area contributed by atoms with Crippen LogP contribution < -0.4 is 0 Å². The summed E-state index contributed by atoms with van der Waals surface area (Å²) in [6.07, 6.45) is 3.25. The lowest BCUT2D eigenvalue weighted by Gasteiger charge is -2.08. The Balaban J connectivity index is 1.60. The van der Waals surface area contributed by atoms with E-state index in [4.69, 9.17) is 0 Å². The second kappa shape index (κ2) is 7.83. The maximum Gasteiger partial charge on any atom is 0.157 e. The summed E-state index contributed by atoms with van der Waals surface area (Å²) < 4.78 is 0. The lowest BCUT2D eigenvalue weighted by Crippen LogP contribution is -1.95. The van der Waals surface area contributed by atoms with Crippen molar-refractivity contribution in [1.29, 1.82) is 0 Å². The molecular formula is C22H22O4. The third-order valence-electron chi connectivity index (χ3n) is 4.48. The minimum absolute atomic E-state index is 0.0894. The van der Waals surface area contributed by atoms with Crippen LogP contribution >= 0.6 is 0 Å². The molecule has 4 N–H and O–H groups in total. The molecule has 0 aliphatic heterocycles. The van der Waals surface area contributed by atoms with Crippen LogP contribution in [0.5, 0.6) is 23.0 Å². The smallest absolute Gasteiger partial charge is 0.157 e. The van der Waals surface area contributed by atoms with E-state index in [2.05, 4.69) is 18.2 Å². The van der Waals surface area contributed by atoms with E-state index < -0.39 is 0 Å². The predicted molar refractivity (Wildman–Crippen MR) is 101 cm³/mol. The van der Waals surface area contributed by atoms with Crippen molar-refractivity contribution >= 4 is 0 Å². The summed E-state index contributed by atoms with van der Waals surface area (Å²) in [5, 5.41) is 37.9. The molecule has 3 aromatic rings. The van der Waals surface area contributed by atoms with E-state index in [0.717, 1.165) is 36.8 Å². The first kappa shape index (κ1) is 17.7. The number of benzene rings is 3. The van der Waals surface area contributed by atoms with Gasteiger partial charge in [-0.05, 0) is 72.2 Å². The van der Waals surface area contributed by atoms with E-state index in [-0.39, 0.29) is 23.0 Å². The van der Waals surface area contributed by atoms with Gasteiger partial charge >= 0.3 is 0 Å². The fraction of sp³-hybridized carbons (Fsp3) is 0.182. The van der Waals surface area contributed by atoms with Crippen LogP contribution in [0.15, 0.2) is 60.7 Å². The van der Waals surface area contributed by atoms with Gasteiger partial charge in [-0.2, -0.15) is 0 Å². The highest BCUT2D eigenvalue weighted by atomic mass is 16.3. The second-order valence-electron chi connectivity index (χ2n) is 6.47. The van der Waals surface area contributed by atoms with Gasteiger partial charge in [-0.25, -0.2) is 0 Å². The van der Waals surface area contributed by atoms with E-state index in [1.807, 2.05) is 18.2 Å². The number of hydrogen-bond acceptors (Lipinski definition) is 4. The van der Waals surface area contributed by atoms with Gasteiger partial charge in [0.05, 0.1) is 0 Å². The molecule has 0 aliphatic rings. The Labute approximate surface area is 152 Å². The molecule has 0 bridgehead atoms. The van der Waals surface area contributed by atoms with E-state index >= 15 is 0 Å². The fourth-order valence-corrected chi connectivity index (χ4v) is 2.97. The first-order chi connectivity index (χ1) is 12.5. The second-order valence-corrected chi connectivity index (χ2v) is 6.47. The number of hydrogen-bond donors (Lipinski definition) is 4. The highest BCUT2D eigenvalue weighted by Gasteiger charge is 2.04. The molecule has 4 nitrogen and oxygen atoms in total. The molecule has 0 heterocycles. The van der Waals surface area contributed by atoms with Crippen molar-refractivity contribution in [2.24, 2.45) is 0 Å². The van der Waals surface area contributed by atoms with Crippen LogP contribution in [0, 0.1) is 0 Å². The lowest BCUT2D eigenvalue weighted by molar-refractivity contribution is 0.403. The average molecular weight is 350 g/mol. The third-order valence-corrected chi connectivity index (χ3v) is 4.48. The molecule has 0 fully saturated rings. The van der Waals surface area contributed by atoms with Gasteiger partial charge < -0.3 is 20.4 Å². The molecule has 0 radical (unpaired) electrons. The Bertz CT molecular complexity index is 832. The normalized spacial score (nSPS) is 10.8. The molecule has 0 spiro atoms. The first-order valence-electron chi connectivity index (χ1n) is 8.61. The van der Waals surface area contributed by atoms with Crippen LogP contribution in [0.1, 0.15) is 22.3 Å². The zero-order valence-corrected chi connectivity index (χ0v) is 14.4. The molecule has 26 heavy (non-hydrogen) atoms. The molecule has 0 saturated heterocycles. The average Bonchev–Trinajstić information content (AvgIpc) is 2.64. The van der Waals surface area contributed by atoms with Crippen molar-refractivity contribution in [1.82, 2.24) is 0 Å². The largest absolute Gasteiger partial charge is 0.504 e. The Hall–Kier alpha value is -3.14. The molecule has 4 heteroatoms. The van der Waals surface area contributed by atoms with Crippen molar-refractivity contribution in [2.75, 3.05) is 0 Å². The van der Waals surface area contributed by atoms with Gasteiger partial charge in [0.2, 0.25) is 0 Å². The van der Waals surface area contributed by atoms with Crippen LogP contribution in [-0.2, 0) is 25.7 Å². The highest BCUT2D eigenvalue weighted by molar-refractivity contribution is 5.41. The first-order valence-corrected chi connectivity index (χ1v) is 8.61. The zero-order valence-electron chi connectivity index (χ0n) is 14.4. The highest BCUT2D eigenvalue weighted by Crippen LogP contribution is 2.26. The Morgan fingerprint density at radius 2 is 0.808 bits per heavy atom. The van der Waals surface area contributed by atoms with Crippen molar-refractivity contribution in [2.45, 2.75) is 25.7 Å². The summed E-state index contributed by atoms with van der Waals surface area (Å²) in [4.78, 5) is 0. The number of aryl methyl sites for hydroxylation is 4. The molecule has 3 aromatic carbocycles.